The summed E-state index contributed by atoms with van der Waals surface area (Å²) in [7, 11) is 0.271. The smallest absolute Gasteiger partial charge is 0.0942 e. The Hall–Kier alpha value is -2.42. The van der Waals surface area contributed by atoms with Gasteiger partial charge in [0.2, 0.25) is 0 Å². The summed E-state index contributed by atoms with van der Waals surface area (Å²) in [5.41, 5.74) is 1.42. The molecule has 27 heavy (non-hydrogen) atoms. The molecule has 0 saturated carbocycles. The minimum Gasteiger partial charge on any atom is -0.198 e. The molecule has 0 aromatic heterocycles. The first kappa shape index (κ1) is 20.9. The summed E-state index contributed by atoms with van der Waals surface area (Å²) < 4.78 is 0. The van der Waals surface area contributed by atoms with E-state index in [2.05, 4.69) is 97.1 Å². The van der Waals surface area contributed by atoms with Gasteiger partial charge in [0.1, 0.15) is 0 Å². The van der Waals surface area contributed by atoms with Crippen molar-refractivity contribution in [3.05, 3.63) is 96.6 Å². The molecule has 3 aromatic carbocycles. The monoisotopic (exact) mass is 374 g/mol. The van der Waals surface area contributed by atoms with Crippen LogP contribution in [0.4, 0.5) is 0 Å². The minimum absolute atomic E-state index is 0.271. The molecule has 0 saturated heterocycles. The molecule has 0 fully saturated rings. The van der Waals surface area contributed by atoms with E-state index in [1.807, 2.05) is 0 Å². The Morgan fingerprint density at radius 3 is 1.59 bits per heavy atom. The first-order chi connectivity index (χ1) is 13.4. The Bertz CT molecular complexity index is 726. The molecule has 1 nitrogen and oxygen atoms in total. The lowest BCUT2D eigenvalue weighted by Gasteiger charge is -2.00. The van der Waals surface area contributed by atoms with Crippen LogP contribution in [0.25, 0.3) is 0 Å². The second kappa shape index (κ2) is 13.7. The maximum absolute atomic E-state index is 8.35. The van der Waals surface area contributed by atoms with E-state index >= 15 is 0 Å². The normalized spacial score (nSPS) is 9.74. The Morgan fingerprint density at radius 1 is 0.593 bits per heavy atom. The fourth-order valence-corrected chi connectivity index (χ4v) is 4.04. The Kier molecular flexibility index (Phi) is 10.6. The number of benzene rings is 3. The van der Waals surface area contributed by atoms with Crippen LogP contribution < -0.4 is 10.6 Å². The third-order valence-electron chi connectivity index (χ3n) is 4.28. The number of nitrogens with zero attached hydrogens (tertiary/aromatic N) is 1. The lowest BCUT2D eigenvalue weighted by atomic mass is 10.1. The quantitative estimate of drug-likeness (QED) is 0.364. The molecule has 2 heteroatoms. The summed E-state index contributed by atoms with van der Waals surface area (Å²) in [6, 6.07) is 34.1. The van der Waals surface area contributed by atoms with Gasteiger partial charge in [0, 0.05) is 6.42 Å². The molecule has 3 rings (SSSR count). The molecule has 138 valence electrons. The highest BCUT2D eigenvalue weighted by molar-refractivity contribution is 7.55. The first-order valence-corrected chi connectivity index (χ1v) is 10.9. The van der Waals surface area contributed by atoms with Crippen LogP contribution in [0.2, 0.25) is 0 Å². The number of hydrogen-bond donors (Lipinski definition) is 0. The average molecular weight is 374 g/mol. The fraction of sp³-hybridized carbons (Fsp3) is 0.240. The van der Waals surface area contributed by atoms with Gasteiger partial charge in [0.15, 0.2) is 0 Å². The number of unbranched alkanes of at least 4 members (excludes halogenated alkanes) is 4. The van der Waals surface area contributed by atoms with Gasteiger partial charge in [-0.3, -0.25) is 0 Å². The number of hydrogen-bond acceptors (Lipinski definition) is 1. The third kappa shape index (κ3) is 9.74. The molecule has 0 aliphatic rings. The maximum atomic E-state index is 8.35. The molecule has 0 aliphatic heterocycles. The van der Waals surface area contributed by atoms with E-state index in [0.29, 0.717) is 6.42 Å². The predicted octanol–water partition coefficient (Wildman–Crippen LogP) is 5.75. The van der Waals surface area contributed by atoms with Crippen LogP contribution >= 0.6 is 8.58 Å². The predicted molar refractivity (Wildman–Crippen MR) is 121 cm³/mol. The van der Waals surface area contributed by atoms with E-state index in [9.17, 15) is 0 Å². The highest BCUT2D eigenvalue weighted by atomic mass is 31.1. The standard InChI is InChI=1S/C13H17N.C12H11P/c14-12-8-3-1-2-5-9-13-10-6-4-7-11-13;1-3-7-11(8-4-1)13-12-9-5-2-6-10-12/h4,6-7,10-11H,1-3,5,8-9H2;1-10,13H/p+1. The van der Waals surface area contributed by atoms with E-state index in [-0.39, 0.29) is 8.58 Å². The number of aryl methyl sites for hydroxylation is 1. The first-order valence-electron chi connectivity index (χ1n) is 9.74. The van der Waals surface area contributed by atoms with Crippen molar-refractivity contribution < 1.29 is 0 Å². The van der Waals surface area contributed by atoms with Gasteiger partial charge in [-0.15, -0.1) is 0 Å². The molecule has 0 bridgehead atoms. The van der Waals surface area contributed by atoms with Gasteiger partial charge < -0.3 is 0 Å². The summed E-state index contributed by atoms with van der Waals surface area (Å²) in [4.78, 5) is 0. The van der Waals surface area contributed by atoms with E-state index in [4.69, 9.17) is 5.26 Å². The van der Waals surface area contributed by atoms with Crippen molar-refractivity contribution in [1.82, 2.24) is 0 Å². The molecule has 3 aromatic rings. The molecule has 0 amide bonds. The molecule has 0 unspecified atom stereocenters. The van der Waals surface area contributed by atoms with Gasteiger partial charge in [-0.05, 0) is 49.1 Å². The van der Waals surface area contributed by atoms with E-state index in [0.717, 1.165) is 6.42 Å². The largest absolute Gasteiger partial charge is 0.198 e. The fourth-order valence-electron chi connectivity index (χ4n) is 2.82. The molecular formula is C25H29NP+. The van der Waals surface area contributed by atoms with Crippen LogP contribution in [0.5, 0.6) is 0 Å². The zero-order valence-corrected chi connectivity index (χ0v) is 17.1. The van der Waals surface area contributed by atoms with Crippen molar-refractivity contribution in [2.45, 2.75) is 38.5 Å². The van der Waals surface area contributed by atoms with Crippen LogP contribution in [0.1, 0.15) is 37.7 Å². The summed E-state index contributed by atoms with van der Waals surface area (Å²) >= 11 is 0. The van der Waals surface area contributed by atoms with Crippen LogP contribution in [-0.2, 0) is 6.42 Å². The van der Waals surface area contributed by atoms with E-state index in [1.54, 1.807) is 0 Å². The molecule has 0 radical (unpaired) electrons. The van der Waals surface area contributed by atoms with Crippen LogP contribution in [0.15, 0.2) is 91.0 Å². The van der Waals surface area contributed by atoms with Gasteiger partial charge in [-0.25, -0.2) is 0 Å². The van der Waals surface area contributed by atoms with E-state index in [1.165, 1.54) is 41.9 Å². The van der Waals surface area contributed by atoms with Crippen LogP contribution in [0, 0.1) is 11.3 Å². The van der Waals surface area contributed by atoms with Gasteiger partial charge in [-0.2, -0.15) is 5.26 Å². The zero-order chi connectivity index (χ0) is 19.0. The number of nitriles is 1. The van der Waals surface area contributed by atoms with Crippen molar-refractivity contribution in [3.8, 4) is 6.07 Å². The molecule has 0 aliphatic carbocycles. The lowest BCUT2D eigenvalue weighted by Crippen LogP contribution is -2.01. The third-order valence-corrected chi connectivity index (χ3v) is 5.72. The van der Waals surface area contributed by atoms with Gasteiger partial charge >= 0.3 is 0 Å². The zero-order valence-electron chi connectivity index (χ0n) is 15.9. The lowest BCUT2D eigenvalue weighted by molar-refractivity contribution is 0.648. The second-order valence-electron chi connectivity index (χ2n) is 6.52. The molecule has 0 N–H and O–H groups in total. The molecule has 0 spiro atoms. The minimum atomic E-state index is 0.271. The summed E-state index contributed by atoms with van der Waals surface area (Å²) in [5.74, 6) is 0. The average Bonchev–Trinajstić information content (AvgIpc) is 2.73. The SMILES string of the molecule is N#CCCCCCCc1ccccc1.c1ccc([PH2+]c2ccccc2)cc1. The molecule has 0 atom stereocenters. The van der Waals surface area contributed by atoms with Crippen LogP contribution in [0.3, 0.4) is 0 Å². The van der Waals surface area contributed by atoms with Gasteiger partial charge in [0.05, 0.1) is 25.3 Å². The highest BCUT2D eigenvalue weighted by Gasteiger charge is 2.00. The van der Waals surface area contributed by atoms with E-state index < -0.39 is 0 Å². The van der Waals surface area contributed by atoms with Crippen molar-refractivity contribution in [2.75, 3.05) is 0 Å². The summed E-state index contributed by atoms with van der Waals surface area (Å²) in [6.07, 6.45) is 6.64. The molecule has 0 heterocycles. The molecular weight excluding hydrogens is 345 g/mol. The van der Waals surface area contributed by atoms with Crippen molar-refractivity contribution in [2.24, 2.45) is 0 Å². The van der Waals surface area contributed by atoms with Gasteiger partial charge in [0.25, 0.3) is 0 Å². The van der Waals surface area contributed by atoms with Gasteiger partial charge in [-0.1, -0.05) is 79.6 Å². The van der Waals surface area contributed by atoms with Crippen LogP contribution in [-0.4, -0.2) is 0 Å². The summed E-state index contributed by atoms with van der Waals surface area (Å²) in [6.45, 7) is 0. The maximum Gasteiger partial charge on any atom is 0.0942 e. The van der Waals surface area contributed by atoms with Crippen molar-refractivity contribution in [1.29, 1.82) is 5.26 Å². The Labute approximate surface area is 165 Å². The number of rotatable bonds is 8. The second-order valence-corrected chi connectivity index (χ2v) is 8.15. The van der Waals surface area contributed by atoms with Crippen molar-refractivity contribution >= 4 is 19.2 Å². The van der Waals surface area contributed by atoms with Crippen molar-refractivity contribution in [3.63, 3.8) is 0 Å². The summed E-state index contributed by atoms with van der Waals surface area (Å²) in [5, 5.41) is 11.3. The highest BCUT2D eigenvalue weighted by Crippen LogP contribution is 2.09. The Morgan fingerprint density at radius 2 is 1.07 bits per heavy atom. The Balaban J connectivity index is 0.000000194. The topological polar surface area (TPSA) is 23.8 Å².